The first-order valence-electron chi connectivity index (χ1n) is 1.97. The molecule has 0 aliphatic carbocycles. The third-order valence-electron chi connectivity index (χ3n) is 0.479. The second kappa shape index (κ2) is 3.60. The Labute approximate surface area is 55.5 Å². The first-order valence-corrected chi connectivity index (χ1v) is 2.62. The van der Waals surface area contributed by atoms with E-state index >= 15 is 0 Å². The van der Waals surface area contributed by atoms with Gasteiger partial charge < -0.3 is 3.83 Å². The molecule has 0 amide bonds. The Morgan fingerprint density at radius 3 is 2.25 bits per heavy atom. The summed E-state index contributed by atoms with van der Waals surface area (Å²) in [5.74, 6) is -0.757. The zero-order valence-electron chi connectivity index (χ0n) is 4.31. The van der Waals surface area contributed by atoms with Crippen LogP contribution in [0, 0.1) is 0 Å². The van der Waals surface area contributed by atoms with Crippen molar-refractivity contribution in [2.24, 2.45) is 0 Å². The van der Waals surface area contributed by atoms with Gasteiger partial charge in [0.2, 0.25) is 0 Å². The fourth-order valence-electron chi connectivity index (χ4n) is 0.231. The lowest BCUT2D eigenvalue weighted by Crippen LogP contribution is -2.02. The average molecular weight is 181 g/mol. The van der Waals surface area contributed by atoms with Crippen LogP contribution in [0.4, 0.5) is 0 Å². The third-order valence-corrected chi connectivity index (χ3v) is 0.840. The number of Topliss-reactive ketones (excluding diaryl/α,β-unsaturated/α-hetero) is 1. The molecule has 3 nitrogen and oxygen atoms in total. The van der Waals surface area contributed by atoms with Gasteiger partial charge in [-0.2, -0.15) is 0 Å². The third kappa shape index (κ3) is 3.80. The summed E-state index contributed by atoms with van der Waals surface area (Å²) in [7, 11) is 0. The molecule has 0 saturated carbocycles. The lowest BCUT2D eigenvalue weighted by molar-refractivity contribution is -0.135. The van der Waals surface area contributed by atoms with Gasteiger partial charge in [-0.05, 0) is 6.92 Å². The highest BCUT2D eigenvalue weighted by Gasteiger charge is 2.03. The minimum atomic E-state index is -0.558. The zero-order chi connectivity index (χ0) is 6.57. The van der Waals surface area contributed by atoms with Crippen molar-refractivity contribution < 1.29 is 13.4 Å². The Bertz CT molecular complexity index is 110. The van der Waals surface area contributed by atoms with Crippen molar-refractivity contribution in [3.63, 3.8) is 0 Å². The maximum absolute atomic E-state index is 10.1. The summed E-state index contributed by atoms with van der Waals surface area (Å²) in [5, 5.41) is 0. The second-order valence-corrected chi connectivity index (χ2v) is 1.65. The van der Waals surface area contributed by atoms with E-state index in [1.165, 1.54) is 6.92 Å². The van der Waals surface area contributed by atoms with E-state index in [1.807, 2.05) is 0 Å². The van der Waals surface area contributed by atoms with Gasteiger partial charge in [-0.1, -0.05) is 0 Å². The highest BCUT2D eigenvalue weighted by molar-refractivity contribution is 9.06. The van der Waals surface area contributed by atoms with Crippen LogP contribution in [0.1, 0.15) is 13.3 Å². The highest BCUT2D eigenvalue weighted by Crippen LogP contribution is 1.91. The van der Waals surface area contributed by atoms with E-state index in [1.54, 1.807) is 0 Å². The van der Waals surface area contributed by atoms with Crippen molar-refractivity contribution in [2.45, 2.75) is 13.3 Å². The molecule has 0 atom stereocenters. The van der Waals surface area contributed by atoms with E-state index < -0.39 is 5.97 Å². The molecule has 4 heteroatoms. The van der Waals surface area contributed by atoms with Gasteiger partial charge in [0.15, 0.2) is 16.3 Å². The van der Waals surface area contributed by atoms with E-state index in [-0.39, 0.29) is 12.2 Å². The zero-order valence-corrected chi connectivity index (χ0v) is 5.90. The number of halogens is 1. The Morgan fingerprint density at radius 2 is 2.12 bits per heavy atom. The molecule has 0 aliphatic rings. The summed E-state index contributed by atoms with van der Waals surface area (Å²) >= 11 is 2.44. The predicted molar refractivity (Wildman–Crippen MR) is 30.3 cm³/mol. The van der Waals surface area contributed by atoms with Crippen LogP contribution >= 0.6 is 16.3 Å². The molecule has 0 N–H and O–H groups in total. The maximum Gasteiger partial charge on any atom is 0.324 e. The molecule has 0 radical (unpaired) electrons. The van der Waals surface area contributed by atoms with Crippen molar-refractivity contribution in [3.05, 3.63) is 0 Å². The van der Waals surface area contributed by atoms with Crippen molar-refractivity contribution in [1.82, 2.24) is 0 Å². The van der Waals surface area contributed by atoms with E-state index in [4.69, 9.17) is 0 Å². The number of carbonyl (C=O) groups excluding carboxylic acids is 2. The van der Waals surface area contributed by atoms with Gasteiger partial charge in [-0.25, -0.2) is 0 Å². The Hall–Kier alpha value is -0.380. The molecule has 46 valence electrons. The largest absolute Gasteiger partial charge is 0.383 e. The van der Waals surface area contributed by atoms with Gasteiger partial charge in [0, 0.05) is 0 Å². The number of hydrogen-bond donors (Lipinski definition) is 0. The van der Waals surface area contributed by atoms with Gasteiger partial charge in [-0.3, -0.25) is 9.59 Å². The van der Waals surface area contributed by atoms with Gasteiger partial charge in [0.05, 0.1) is 0 Å². The van der Waals surface area contributed by atoms with E-state index in [0.717, 1.165) is 0 Å². The molecule has 0 spiro atoms. The number of hydrogen-bond acceptors (Lipinski definition) is 3. The minimum absolute atomic E-state index is 0.161. The first-order chi connectivity index (χ1) is 3.66. The summed E-state index contributed by atoms with van der Waals surface area (Å²) in [6.45, 7) is 1.32. The normalized spacial score (nSPS) is 8.25. The van der Waals surface area contributed by atoms with Crippen LogP contribution in [-0.2, 0) is 13.4 Å². The summed E-state index contributed by atoms with van der Waals surface area (Å²) in [6, 6.07) is 0. The number of ketones is 1. The Morgan fingerprint density at radius 1 is 1.62 bits per heavy atom. The molecular weight excluding hydrogens is 176 g/mol. The minimum Gasteiger partial charge on any atom is -0.383 e. The average Bonchev–Trinajstić information content (AvgIpc) is 1.65. The molecule has 0 fully saturated rings. The molecular formula is C4H5BrO3. The van der Waals surface area contributed by atoms with E-state index in [2.05, 4.69) is 20.1 Å². The monoisotopic (exact) mass is 180 g/mol. The second-order valence-electron chi connectivity index (χ2n) is 1.33. The summed E-state index contributed by atoms with van der Waals surface area (Å²) in [5.41, 5.74) is 0. The molecule has 0 bridgehead atoms. The predicted octanol–water partition coefficient (Wildman–Crippen LogP) is 0.819. The molecule has 0 heterocycles. The van der Waals surface area contributed by atoms with Crippen LogP contribution in [0.3, 0.4) is 0 Å². The molecule has 0 saturated heterocycles. The Balaban J connectivity index is 3.40. The smallest absolute Gasteiger partial charge is 0.324 e. The summed E-state index contributed by atoms with van der Waals surface area (Å²) < 4.78 is 4.01. The fraction of sp³-hybridized carbons (Fsp3) is 0.500. The molecule has 0 rings (SSSR count). The lowest BCUT2D eigenvalue weighted by Gasteiger charge is -1.87. The van der Waals surface area contributed by atoms with Crippen LogP contribution in [-0.4, -0.2) is 11.8 Å². The SMILES string of the molecule is CC(=O)CC(=O)OBr. The van der Waals surface area contributed by atoms with Crippen molar-refractivity contribution >= 4 is 28.0 Å². The number of rotatable bonds is 2. The molecule has 0 aromatic heterocycles. The van der Waals surface area contributed by atoms with Gasteiger partial charge >= 0.3 is 5.97 Å². The molecule has 0 aromatic carbocycles. The summed E-state index contributed by atoms with van der Waals surface area (Å²) in [4.78, 5) is 20.2. The van der Waals surface area contributed by atoms with E-state index in [9.17, 15) is 9.59 Å². The van der Waals surface area contributed by atoms with Crippen LogP contribution in [0.5, 0.6) is 0 Å². The standard InChI is InChI=1S/C4H5BrO3/c1-3(6)2-4(7)8-5/h2H2,1H3. The first kappa shape index (κ1) is 7.62. The lowest BCUT2D eigenvalue weighted by atomic mass is 10.3. The van der Waals surface area contributed by atoms with Crippen LogP contribution in [0.2, 0.25) is 0 Å². The molecule has 0 unspecified atom stereocenters. The van der Waals surface area contributed by atoms with Crippen LogP contribution < -0.4 is 0 Å². The van der Waals surface area contributed by atoms with Gasteiger partial charge in [0.25, 0.3) is 0 Å². The quantitative estimate of drug-likeness (QED) is 0.592. The van der Waals surface area contributed by atoms with Crippen molar-refractivity contribution in [3.8, 4) is 0 Å². The Kier molecular flexibility index (Phi) is 3.43. The number of carbonyl (C=O) groups is 2. The van der Waals surface area contributed by atoms with Crippen LogP contribution in [0.25, 0.3) is 0 Å². The van der Waals surface area contributed by atoms with Crippen molar-refractivity contribution in [2.75, 3.05) is 0 Å². The van der Waals surface area contributed by atoms with Crippen molar-refractivity contribution in [1.29, 1.82) is 0 Å². The fourth-order valence-corrected chi connectivity index (χ4v) is 0.345. The highest BCUT2D eigenvalue weighted by atomic mass is 79.9. The topological polar surface area (TPSA) is 43.4 Å². The van der Waals surface area contributed by atoms with Gasteiger partial charge in [-0.15, -0.1) is 0 Å². The maximum atomic E-state index is 10.1. The van der Waals surface area contributed by atoms with Crippen LogP contribution in [0.15, 0.2) is 0 Å². The molecule has 8 heavy (non-hydrogen) atoms. The summed E-state index contributed by atoms with van der Waals surface area (Å²) in [6.07, 6.45) is -0.161. The molecule has 0 aromatic rings. The van der Waals surface area contributed by atoms with Gasteiger partial charge in [0.1, 0.15) is 12.2 Å². The molecule has 0 aliphatic heterocycles. The van der Waals surface area contributed by atoms with E-state index in [0.29, 0.717) is 0 Å².